The van der Waals surface area contributed by atoms with Gasteiger partial charge in [-0.15, -0.1) is 0 Å². The van der Waals surface area contributed by atoms with E-state index in [2.05, 4.69) is 89.9 Å². The van der Waals surface area contributed by atoms with Crippen LogP contribution in [0.4, 0.5) is 11.4 Å². The van der Waals surface area contributed by atoms with Gasteiger partial charge < -0.3 is 15.3 Å². The summed E-state index contributed by atoms with van der Waals surface area (Å²) in [4.78, 5) is 14.3. The Kier molecular flexibility index (Phi) is 6.31. The molecule has 0 saturated heterocycles. The van der Waals surface area contributed by atoms with Gasteiger partial charge in [-0.2, -0.15) is 0 Å². The number of fused-ring (bicyclic) bond motifs is 2. The summed E-state index contributed by atoms with van der Waals surface area (Å²) in [5.74, 6) is -0.467. The normalized spacial score (nSPS) is 16.2. The molecule has 0 spiro atoms. The maximum Gasteiger partial charge on any atom is 0.336 e. The first-order valence-corrected chi connectivity index (χ1v) is 12.3. The molecule has 178 valence electrons. The molecule has 2 atom stereocenters. The number of hydrogen-bond donors (Lipinski definition) is 2. The number of carboxylic acids is 1. The number of rotatable bonds is 6. The Bertz CT molecular complexity index is 1390. The summed E-state index contributed by atoms with van der Waals surface area (Å²) in [6, 6.07) is 27.8. The molecule has 0 aliphatic carbocycles. The lowest BCUT2D eigenvalue weighted by atomic mass is 9.90. The van der Waals surface area contributed by atoms with E-state index in [1.165, 1.54) is 27.6 Å². The third-order valence-corrected chi connectivity index (χ3v) is 7.38. The number of para-hydroxylation sites is 1. The molecule has 0 aromatic heterocycles. The predicted molar refractivity (Wildman–Crippen MR) is 144 cm³/mol. The number of nitrogens with one attached hydrogen (secondary N) is 1. The van der Waals surface area contributed by atoms with Crippen LogP contribution in [0.1, 0.15) is 45.6 Å². The second-order valence-electron chi connectivity index (χ2n) is 9.71. The van der Waals surface area contributed by atoms with Gasteiger partial charge in [0, 0.05) is 30.5 Å². The van der Waals surface area contributed by atoms with Crippen LogP contribution < -0.4 is 10.2 Å². The molecule has 0 fully saturated rings. The zero-order valence-corrected chi connectivity index (χ0v) is 20.6. The first-order valence-electron chi connectivity index (χ1n) is 12.3. The van der Waals surface area contributed by atoms with Crippen LogP contribution in [0.5, 0.6) is 0 Å². The molecule has 2 N–H and O–H groups in total. The minimum atomic E-state index is -0.866. The molecule has 0 bridgehead atoms. The van der Waals surface area contributed by atoms with Crippen molar-refractivity contribution in [3.05, 3.63) is 107 Å². The Hall–Kier alpha value is -3.63. The summed E-state index contributed by atoms with van der Waals surface area (Å²) in [5, 5.41) is 16.2. The lowest BCUT2D eigenvalue weighted by Gasteiger charge is -2.38. The number of anilines is 2. The molecule has 4 aromatic rings. The molecule has 4 heteroatoms. The van der Waals surface area contributed by atoms with Gasteiger partial charge >= 0.3 is 5.97 Å². The number of hydrogen-bond acceptors (Lipinski definition) is 3. The average molecular weight is 465 g/mol. The molecule has 4 nitrogen and oxygen atoms in total. The molecular weight excluding hydrogens is 432 g/mol. The smallest absolute Gasteiger partial charge is 0.336 e. The summed E-state index contributed by atoms with van der Waals surface area (Å²) < 4.78 is 0. The van der Waals surface area contributed by atoms with Gasteiger partial charge in [-0.25, -0.2) is 4.79 Å². The van der Waals surface area contributed by atoms with Crippen LogP contribution in [-0.2, 0) is 6.42 Å². The first kappa shape index (κ1) is 23.1. The summed E-state index contributed by atoms with van der Waals surface area (Å²) in [7, 11) is 0. The van der Waals surface area contributed by atoms with Crippen molar-refractivity contribution in [2.75, 3.05) is 18.0 Å². The zero-order valence-electron chi connectivity index (χ0n) is 20.6. The van der Waals surface area contributed by atoms with E-state index in [-0.39, 0.29) is 6.04 Å². The largest absolute Gasteiger partial charge is 0.478 e. The van der Waals surface area contributed by atoms with Crippen molar-refractivity contribution in [2.24, 2.45) is 5.92 Å². The van der Waals surface area contributed by atoms with E-state index in [9.17, 15) is 9.90 Å². The molecule has 0 radical (unpaired) electrons. The number of benzene rings is 4. The van der Waals surface area contributed by atoms with E-state index in [1.807, 2.05) is 19.9 Å². The Balaban J connectivity index is 1.42. The van der Waals surface area contributed by atoms with Gasteiger partial charge in [-0.05, 0) is 78.3 Å². The molecule has 35 heavy (non-hydrogen) atoms. The second kappa shape index (κ2) is 9.55. The van der Waals surface area contributed by atoms with E-state index < -0.39 is 5.97 Å². The average Bonchev–Trinajstić information content (AvgIpc) is 2.86. The van der Waals surface area contributed by atoms with Crippen molar-refractivity contribution in [1.82, 2.24) is 5.32 Å². The molecule has 0 amide bonds. The number of carbonyl (C=O) groups is 1. The molecule has 1 heterocycles. The number of aryl methyl sites for hydroxylation is 1. The van der Waals surface area contributed by atoms with Crippen molar-refractivity contribution in [3.8, 4) is 0 Å². The van der Waals surface area contributed by atoms with Gasteiger partial charge in [0.05, 0.1) is 5.56 Å². The fourth-order valence-corrected chi connectivity index (χ4v) is 5.58. The Morgan fingerprint density at radius 1 is 0.971 bits per heavy atom. The summed E-state index contributed by atoms with van der Waals surface area (Å²) >= 11 is 0. The van der Waals surface area contributed by atoms with Crippen molar-refractivity contribution in [1.29, 1.82) is 0 Å². The molecular formula is C31H32N2O2. The zero-order chi connectivity index (χ0) is 24.5. The van der Waals surface area contributed by atoms with Gasteiger partial charge in [0.1, 0.15) is 0 Å². The maximum absolute atomic E-state index is 12.0. The Morgan fingerprint density at radius 3 is 2.54 bits per heavy atom. The fourth-order valence-electron chi connectivity index (χ4n) is 5.58. The van der Waals surface area contributed by atoms with E-state index in [4.69, 9.17) is 0 Å². The highest BCUT2D eigenvalue weighted by molar-refractivity contribution is 5.93. The standard InChI is InChI=1S/C31H32N2O2/c1-20-15-16-28(21(2)30(20)31(34)35)33-19-23(17-25-10-5-7-14-29(25)33)18-32-22(3)26-13-8-11-24-9-4-6-12-27(24)26/h4-16,22-23,32H,17-19H2,1-3H3,(H,34,35)/t22-,23?/m1/s1. The quantitative estimate of drug-likeness (QED) is 0.329. The highest BCUT2D eigenvalue weighted by Gasteiger charge is 2.28. The van der Waals surface area contributed by atoms with Crippen LogP contribution in [0.3, 0.4) is 0 Å². The second-order valence-corrected chi connectivity index (χ2v) is 9.71. The van der Waals surface area contributed by atoms with Crippen LogP contribution in [-0.4, -0.2) is 24.2 Å². The van der Waals surface area contributed by atoms with E-state index in [1.54, 1.807) is 0 Å². The lowest BCUT2D eigenvalue weighted by Crippen LogP contribution is -2.38. The molecule has 1 aliphatic rings. The van der Waals surface area contributed by atoms with Crippen LogP contribution in [0.2, 0.25) is 0 Å². The van der Waals surface area contributed by atoms with Gasteiger partial charge in [-0.1, -0.05) is 66.7 Å². The Labute approximate surface area is 207 Å². The lowest BCUT2D eigenvalue weighted by molar-refractivity contribution is 0.0695. The van der Waals surface area contributed by atoms with E-state index >= 15 is 0 Å². The number of carboxylic acid groups (broad SMARTS) is 1. The van der Waals surface area contributed by atoms with Gasteiger partial charge in [0.2, 0.25) is 0 Å². The monoisotopic (exact) mass is 464 g/mol. The Morgan fingerprint density at radius 2 is 1.71 bits per heavy atom. The molecule has 1 aliphatic heterocycles. The van der Waals surface area contributed by atoms with Crippen molar-refractivity contribution < 1.29 is 9.90 Å². The minimum Gasteiger partial charge on any atom is -0.478 e. The first-order chi connectivity index (χ1) is 16.9. The van der Waals surface area contributed by atoms with Crippen molar-refractivity contribution in [2.45, 2.75) is 33.2 Å². The third kappa shape index (κ3) is 4.42. The SMILES string of the molecule is Cc1ccc(N2CC(CN[C@H](C)c3cccc4ccccc34)Cc3ccccc32)c(C)c1C(=O)O. The summed E-state index contributed by atoms with van der Waals surface area (Å²) in [6.07, 6.45) is 0.999. The fraction of sp³-hybridized carbons (Fsp3) is 0.258. The van der Waals surface area contributed by atoms with Crippen LogP contribution in [0.15, 0.2) is 78.9 Å². The van der Waals surface area contributed by atoms with Crippen molar-refractivity contribution >= 4 is 28.1 Å². The van der Waals surface area contributed by atoms with Crippen LogP contribution in [0.25, 0.3) is 10.8 Å². The summed E-state index contributed by atoms with van der Waals surface area (Å²) in [5.41, 5.74) is 6.80. The molecule has 4 aromatic carbocycles. The molecule has 1 unspecified atom stereocenters. The third-order valence-electron chi connectivity index (χ3n) is 7.38. The van der Waals surface area contributed by atoms with Crippen LogP contribution in [0, 0.1) is 19.8 Å². The van der Waals surface area contributed by atoms with E-state index in [0.29, 0.717) is 11.5 Å². The van der Waals surface area contributed by atoms with Gasteiger partial charge in [0.25, 0.3) is 0 Å². The molecule has 0 saturated carbocycles. The predicted octanol–water partition coefficient (Wildman–Crippen LogP) is 6.82. The van der Waals surface area contributed by atoms with Gasteiger partial charge in [0.15, 0.2) is 0 Å². The highest BCUT2D eigenvalue weighted by Crippen LogP contribution is 2.38. The minimum absolute atomic E-state index is 0.228. The van der Waals surface area contributed by atoms with Crippen LogP contribution >= 0.6 is 0 Å². The topological polar surface area (TPSA) is 52.6 Å². The number of nitrogens with zero attached hydrogens (tertiary/aromatic N) is 1. The highest BCUT2D eigenvalue weighted by atomic mass is 16.4. The van der Waals surface area contributed by atoms with Gasteiger partial charge in [-0.3, -0.25) is 0 Å². The molecule has 5 rings (SSSR count). The number of aromatic carboxylic acids is 1. The van der Waals surface area contributed by atoms with Crippen molar-refractivity contribution in [3.63, 3.8) is 0 Å². The maximum atomic E-state index is 12.0. The van der Waals surface area contributed by atoms with E-state index in [0.717, 1.165) is 36.3 Å². The summed E-state index contributed by atoms with van der Waals surface area (Å²) in [6.45, 7) is 7.76.